The molecule has 0 bridgehead atoms. The number of likely N-dealkylation sites (N-methyl/N-ethyl adjacent to an activating group) is 5. The first-order chi connectivity index (χ1) is 40.5. The Kier molecular flexibility index (Phi) is 24.1. The fourth-order valence-electron chi connectivity index (χ4n) is 9.94. The first-order valence-corrected chi connectivity index (χ1v) is 29.3. The standard InChI is InChI=1S/C19H22N2O.2C13H18N2O.2C13H18N2/c1-20(2)13-14-21-12-11-17-18(21)9-6-10-19(17)22-15-16-7-4-3-5-8-16;1-14(2)9-10-15-8-7-11-12(15)5-4-6-13(11)16-3;1-14(2)9-10-15-8-7-11-5-4-6-12(16-3)13(11)15;1-11-4-5-13-12(10-11)6-7-15(13)9-8-14(2)3;1-11-4-5-12-6-7-15(13(12)10-11)9-8-14(2)3/h3-12H,13-15H2,1-2H3;2*4-8H,9-10H2,1-3H3;2*4-7,10H,8-9H2,1-3H3. The van der Waals surface area contributed by atoms with E-state index in [1.54, 1.807) is 14.2 Å². The lowest BCUT2D eigenvalue weighted by Gasteiger charge is -2.12. The molecule has 0 N–H and O–H groups in total. The smallest absolute Gasteiger partial charge is 0.143 e. The summed E-state index contributed by atoms with van der Waals surface area (Å²) in [6.07, 6.45) is 10.7. The molecule has 0 amide bonds. The maximum Gasteiger partial charge on any atom is 0.143 e. The molecule has 11 aromatic rings. The lowest BCUT2D eigenvalue weighted by molar-refractivity contribution is 0.310. The van der Waals surface area contributed by atoms with Crippen molar-refractivity contribution in [1.82, 2.24) is 47.3 Å². The number of benzene rings is 6. The minimum absolute atomic E-state index is 0.600. The highest BCUT2D eigenvalue weighted by Gasteiger charge is 2.10. The molecular formula is C71H94N10O3. The molecule has 13 heteroatoms. The van der Waals surface area contributed by atoms with Crippen molar-refractivity contribution in [2.24, 2.45) is 0 Å². The third kappa shape index (κ3) is 18.4. The van der Waals surface area contributed by atoms with Gasteiger partial charge in [0.05, 0.1) is 30.8 Å². The van der Waals surface area contributed by atoms with Crippen LogP contribution in [0.3, 0.4) is 0 Å². The number of methoxy groups -OCH3 is 2. The fourth-order valence-corrected chi connectivity index (χ4v) is 9.94. The zero-order valence-electron chi connectivity index (χ0n) is 52.8. The zero-order chi connectivity index (χ0) is 60.1. The number of nitrogens with zero attached hydrogens (tertiary/aromatic N) is 10. The molecule has 0 spiro atoms. The van der Waals surface area contributed by atoms with Crippen LogP contribution in [0.15, 0.2) is 183 Å². The summed E-state index contributed by atoms with van der Waals surface area (Å²) in [5, 5.41) is 6.27. The summed E-state index contributed by atoms with van der Waals surface area (Å²) < 4.78 is 28.2. The number of aryl methyl sites for hydroxylation is 2. The van der Waals surface area contributed by atoms with Gasteiger partial charge >= 0.3 is 0 Å². The van der Waals surface area contributed by atoms with E-state index in [0.717, 1.165) is 82.7 Å². The highest BCUT2D eigenvalue weighted by atomic mass is 16.5. The van der Waals surface area contributed by atoms with E-state index in [9.17, 15) is 0 Å². The first kappa shape index (κ1) is 63.8. The van der Waals surface area contributed by atoms with E-state index in [0.29, 0.717) is 6.61 Å². The molecular weight excluding hydrogens is 1040 g/mol. The van der Waals surface area contributed by atoms with Crippen molar-refractivity contribution in [2.45, 2.75) is 53.2 Å². The topological polar surface area (TPSA) is 68.5 Å². The number of hydrogen-bond acceptors (Lipinski definition) is 8. The fraction of sp³-hybridized carbons (Fsp3) is 0.352. The molecule has 0 saturated heterocycles. The predicted octanol–water partition coefficient (Wildman–Crippen LogP) is 13.2. The molecule has 446 valence electrons. The molecule has 5 aromatic heterocycles. The van der Waals surface area contributed by atoms with Crippen LogP contribution in [-0.4, -0.2) is 165 Å². The summed E-state index contributed by atoms with van der Waals surface area (Å²) in [5.74, 6) is 2.84. The summed E-state index contributed by atoms with van der Waals surface area (Å²) in [6.45, 7) is 15.2. The highest BCUT2D eigenvalue weighted by Crippen LogP contribution is 2.29. The zero-order valence-corrected chi connectivity index (χ0v) is 52.8. The van der Waals surface area contributed by atoms with Gasteiger partial charge in [0.1, 0.15) is 23.9 Å². The predicted molar refractivity (Wildman–Crippen MR) is 356 cm³/mol. The van der Waals surface area contributed by atoms with Crippen molar-refractivity contribution in [1.29, 1.82) is 0 Å². The molecule has 0 aliphatic carbocycles. The lowest BCUT2D eigenvalue weighted by atomic mass is 10.2. The van der Waals surface area contributed by atoms with Crippen molar-refractivity contribution in [3.8, 4) is 17.2 Å². The van der Waals surface area contributed by atoms with Gasteiger partial charge in [-0.05, 0) is 185 Å². The van der Waals surface area contributed by atoms with E-state index in [1.165, 1.54) is 71.2 Å². The van der Waals surface area contributed by atoms with Gasteiger partial charge in [-0.15, -0.1) is 0 Å². The van der Waals surface area contributed by atoms with Crippen LogP contribution in [0.2, 0.25) is 0 Å². The number of aromatic nitrogens is 5. The second-order valence-electron chi connectivity index (χ2n) is 22.9. The van der Waals surface area contributed by atoms with Gasteiger partial charge in [-0.1, -0.05) is 78.4 Å². The van der Waals surface area contributed by atoms with E-state index in [4.69, 9.17) is 14.2 Å². The molecule has 11 rings (SSSR count). The van der Waals surface area contributed by atoms with E-state index in [-0.39, 0.29) is 0 Å². The number of rotatable bonds is 20. The molecule has 0 atom stereocenters. The number of fused-ring (bicyclic) bond motifs is 5. The van der Waals surface area contributed by atoms with Gasteiger partial charge in [-0.2, -0.15) is 0 Å². The van der Waals surface area contributed by atoms with Crippen LogP contribution < -0.4 is 14.2 Å². The maximum atomic E-state index is 6.02. The van der Waals surface area contributed by atoms with Gasteiger partial charge in [0.2, 0.25) is 0 Å². The first-order valence-electron chi connectivity index (χ1n) is 29.3. The van der Waals surface area contributed by atoms with Gasteiger partial charge < -0.3 is 61.5 Å². The Hall–Kier alpha value is -7.78. The summed E-state index contributed by atoms with van der Waals surface area (Å²) in [7, 11) is 24.4. The Bertz CT molecular complexity index is 3710. The summed E-state index contributed by atoms with van der Waals surface area (Å²) in [4.78, 5) is 11.0. The van der Waals surface area contributed by atoms with Crippen molar-refractivity contribution >= 4 is 54.5 Å². The van der Waals surface area contributed by atoms with Crippen molar-refractivity contribution in [2.75, 3.05) is 117 Å². The molecule has 0 aliphatic heterocycles. The Labute approximate surface area is 501 Å². The third-order valence-electron chi connectivity index (χ3n) is 14.8. The molecule has 13 nitrogen and oxygen atoms in total. The summed E-state index contributed by atoms with van der Waals surface area (Å²) in [6, 6.07) is 52.8. The van der Waals surface area contributed by atoms with Gasteiger partial charge in [0.25, 0.3) is 0 Å². The van der Waals surface area contributed by atoms with Crippen LogP contribution in [0, 0.1) is 13.8 Å². The Balaban J connectivity index is 0.000000152. The number of para-hydroxylation sites is 1. The molecule has 84 heavy (non-hydrogen) atoms. The van der Waals surface area contributed by atoms with E-state index in [1.807, 2.05) is 48.5 Å². The molecule has 0 saturated carbocycles. The average Bonchev–Trinajstić information content (AvgIpc) is 4.48. The molecule has 0 radical (unpaired) electrons. The van der Waals surface area contributed by atoms with Crippen LogP contribution >= 0.6 is 0 Å². The second kappa shape index (κ2) is 31.8. The highest BCUT2D eigenvalue weighted by molar-refractivity contribution is 5.88. The third-order valence-corrected chi connectivity index (χ3v) is 14.8. The summed E-state index contributed by atoms with van der Waals surface area (Å²) in [5.41, 5.74) is 10.2. The minimum atomic E-state index is 0.600. The van der Waals surface area contributed by atoms with Crippen LogP contribution in [0.1, 0.15) is 16.7 Å². The monoisotopic (exact) mass is 1130 g/mol. The Morgan fingerprint density at radius 1 is 0.333 bits per heavy atom. The minimum Gasteiger partial charge on any atom is -0.496 e. The number of ether oxygens (including phenoxy) is 3. The van der Waals surface area contributed by atoms with E-state index in [2.05, 4.69) is 266 Å². The quantitative estimate of drug-likeness (QED) is 0.0748. The van der Waals surface area contributed by atoms with Crippen LogP contribution in [0.4, 0.5) is 0 Å². The lowest BCUT2D eigenvalue weighted by Crippen LogP contribution is -2.18. The normalized spacial score (nSPS) is 11.3. The van der Waals surface area contributed by atoms with E-state index >= 15 is 0 Å². The maximum absolute atomic E-state index is 6.02. The largest absolute Gasteiger partial charge is 0.496 e. The van der Waals surface area contributed by atoms with Gasteiger partial charge in [0.15, 0.2) is 0 Å². The molecule has 5 heterocycles. The molecule has 0 unspecified atom stereocenters. The average molecular weight is 1140 g/mol. The Morgan fingerprint density at radius 2 is 0.762 bits per heavy atom. The second-order valence-corrected chi connectivity index (χ2v) is 22.9. The van der Waals surface area contributed by atoms with Crippen LogP contribution in [0.5, 0.6) is 17.2 Å². The molecule has 0 fully saturated rings. The van der Waals surface area contributed by atoms with Crippen LogP contribution in [-0.2, 0) is 39.3 Å². The SMILES string of the molecule is CN(C)CCn1ccc2c(OCc3ccccc3)cccc21.COc1cccc2c1ccn2CCN(C)C.COc1cccc2ccn(CCN(C)C)c12.Cc1ccc2c(ccn2CCN(C)C)c1.Cc1ccc2ccn(CCN(C)C)c2c1. The van der Waals surface area contributed by atoms with Crippen molar-refractivity contribution in [3.05, 3.63) is 199 Å². The summed E-state index contributed by atoms with van der Waals surface area (Å²) >= 11 is 0. The van der Waals surface area contributed by atoms with Crippen LogP contribution in [0.25, 0.3) is 54.5 Å². The molecule has 0 aliphatic rings. The number of hydrogen-bond donors (Lipinski definition) is 0. The van der Waals surface area contributed by atoms with Gasteiger partial charge in [-0.25, -0.2) is 0 Å². The van der Waals surface area contributed by atoms with Crippen molar-refractivity contribution in [3.63, 3.8) is 0 Å². The van der Waals surface area contributed by atoms with E-state index < -0.39 is 0 Å². The van der Waals surface area contributed by atoms with Crippen molar-refractivity contribution < 1.29 is 14.2 Å². The van der Waals surface area contributed by atoms with Gasteiger partial charge in [0, 0.05) is 124 Å². The molecule has 6 aromatic carbocycles. The van der Waals surface area contributed by atoms with Gasteiger partial charge in [-0.3, -0.25) is 0 Å². The Morgan fingerprint density at radius 3 is 1.32 bits per heavy atom.